The Hall–Kier alpha value is -1.79. The average Bonchev–Trinajstić information content (AvgIpc) is 2.40. The molecule has 20 heavy (non-hydrogen) atoms. The van der Waals surface area contributed by atoms with Gasteiger partial charge in [-0.15, -0.1) is 0 Å². The molecule has 0 saturated carbocycles. The lowest BCUT2D eigenvalue weighted by molar-refractivity contribution is -0.144. The van der Waals surface area contributed by atoms with Crippen molar-refractivity contribution in [3.05, 3.63) is 23.8 Å². The third-order valence-electron chi connectivity index (χ3n) is 3.52. The minimum atomic E-state index is -0.896. The van der Waals surface area contributed by atoms with Crippen LogP contribution >= 0.6 is 0 Å². The number of hydrogen-bond donors (Lipinski definition) is 3. The van der Waals surface area contributed by atoms with Crippen LogP contribution in [0.15, 0.2) is 18.2 Å². The van der Waals surface area contributed by atoms with Crippen LogP contribution in [-0.4, -0.2) is 53.9 Å². The van der Waals surface area contributed by atoms with Crippen molar-refractivity contribution >= 4 is 5.97 Å². The number of phenols is 1. The highest BCUT2D eigenvalue weighted by Crippen LogP contribution is 2.31. The third-order valence-corrected chi connectivity index (χ3v) is 3.52. The molecule has 1 heterocycles. The van der Waals surface area contributed by atoms with E-state index in [0.717, 1.165) is 6.54 Å². The summed E-state index contributed by atoms with van der Waals surface area (Å²) >= 11 is 0. The summed E-state index contributed by atoms with van der Waals surface area (Å²) < 4.78 is 5.05. The first-order chi connectivity index (χ1) is 9.52. The summed E-state index contributed by atoms with van der Waals surface area (Å²) in [7, 11) is 1.45. The van der Waals surface area contributed by atoms with Crippen LogP contribution in [0.4, 0.5) is 0 Å². The van der Waals surface area contributed by atoms with Gasteiger partial charge in [0.25, 0.3) is 0 Å². The molecule has 0 bridgehead atoms. The Labute approximate surface area is 118 Å². The number of ether oxygens (including phenoxy) is 1. The van der Waals surface area contributed by atoms with Gasteiger partial charge in [-0.3, -0.25) is 9.69 Å². The number of rotatable bonds is 4. The molecule has 6 heteroatoms. The van der Waals surface area contributed by atoms with Gasteiger partial charge in [-0.25, -0.2) is 0 Å². The maximum Gasteiger partial charge on any atom is 0.325 e. The van der Waals surface area contributed by atoms with E-state index >= 15 is 0 Å². The molecule has 2 unspecified atom stereocenters. The van der Waals surface area contributed by atoms with Crippen molar-refractivity contribution in [3.8, 4) is 11.5 Å². The fourth-order valence-corrected chi connectivity index (χ4v) is 2.57. The van der Waals surface area contributed by atoms with Gasteiger partial charge in [0.05, 0.1) is 7.11 Å². The van der Waals surface area contributed by atoms with Crippen LogP contribution in [0.1, 0.15) is 18.5 Å². The quantitative estimate of drug-likeness (QED) is 0.757. The Kier molecular flexibility index (Phi) is 4.46. The van der Waals surface area contributed by atoms with Gasteiger partial charge in [0, 0.05) is 25.7 Å². The number of aromatic hydroxyl groups is 1. The second-order valence-corrected chi connectivity index (χ2v) is 5.02. The monoisotopic (exact) mass is 280 g/mol. The SMILES string of the molecule is COc1cc(C(C(=O)O)N2CCNC(C)C2)ccc1O. The Morgan fingerprint density at radius 2 is 2.30 bits per heavy atom. The maximum atomic E-state index is 11.6. The highest BCUT2D eigenvalue weighted by atomic mass is 16.5. The number of benzene rings is 1. The predicted octanol–water partition coefficient (Wildman–Crippen LogP) is 0.820. The highest BCUT2D eigenvalue weighted by Gasteiger charge is 2.30. The zero-order valence-electron chi connectivity index (χ0n) is 11.7. The van der Waals surface area contributed by atoms with E-state index in [0.29, 0.717) is 18.7 Å². The van der Waals surface area contributed by atoms with E-state index in [-0.39, 0.29) is 17.5 Å². The van der Waals surface area contributed by atoms with Gasteiger partial charge in [0.15, 0.2) is 11.5 Å². The second kappa shape index (κ2) is 6.11. The number of phenolic OH excluding ortho intramolecular Hbond substituents is 1. The fourth-order valence-electron chi connectivity index (χ4n) is 2.57. The van der Waals surface area contributed by atoms with Gasteiger partial charge in [-0.05, 0) is 24.6 Å². The lowest BCUT2D eigenvalue weighted by atomic mass is 10.0. The smallest absolute Gasteiger partial charge is 0.325 e. The molecule has 3 N–H and O–H groups in total. The molecule has 110 valence electrons. The number of piperazine rings is 1. The van der Waals surface area contributed by atoms with Crippen molar-refractivity contribution in [1.29, 1.82) is 0 Å². The van der Waals surface area contributed by atoms with Gasteiger partial charge in [-0.2, -0.15) is 0 Å². The van der Waals surface area contributed by atoms with Gasteiger partial charge in [0.1, 0.15) is 6.04 Å². The number of hydrogen-bond acceptors (Lipinski definition) is 5. The zero-order valence-corrected chi connectivity index (χ0v) is 11.7. The van der Waals surface area contributed by atoms with Gasteiger partial charge >= 0.3 is 5.97 Å². The summed E-state index contributed by atoms with van der Waals surface area (Å²) in [6.07, 6.45) is 0. The summed E-state index contributed by atoms with van der Waals surface area (Å²) in [6.45, 7) is 4.13. The van der Waals surface area contributed by atoms with E-state index < -0.39 is 12.0 Å². The van der Waals surface area contributed by atoms with Crippen molar-refractivity contribution in [2.45, 2.75) is 19.0 Å². The maximum absolute atomic E-state index is 11.6. The summed E-state index contributed by atoms with van der Waals surface area (Å²) in [5.74, 6) is -0.599. The Morgan fingerprint density at radius 3 is 2.90 bits per heavy atom. The number of methoxy groups -OCH3 is 1. The normalized spacial score (nSPS) is 21.4. The molecule has 1 aliphatic heterocycles. The molecule has 0 radical (unpaired) electrons. The first-order valence-electron chi connectivity index (χ1n) is 6.60. The van der Waals surface area contributed by atoms with Gasteiger partial charge in [-0.1, -0.05) is 6.07 Å². The Morgan fingerprint density at radius 1 is 1.55 bits per heavy atom. The van der Waals surface area contributed by atoms with E-state index in [4.69, 9.17) is 4.74 Å². The first-order valence-corrected chi connectivity index (χ1v) is 6.60. The third kappa shape index (κ3) is 3.02. The summed E-state index contributed by atoms with van der Waals surface area (Å²) in [6, 6.07) is 4.21. The van der Waals surface area contributed by atoms with Crippen molar-refractivity contribution < 1.29 is 19.7 Å². The van der Waals surface area contributed by atoms with Crippen LogP contribution in [0.5, 0.6) is 11.5 Å². The molecule has 2 rings (SSSR count). The number of carboxylic acids is 1. The predicted molar refractivity (Wildman–Crippen MR) is 74.1 cm³/mol. The molecule has 6 nitrogen and oxygen atoms in total. The Balaban J connectivity index is 2.30. The fraction of sp³-hybridized carbons (Fsp3) is 0.500. The number of nitrogens with zero attached hydrogens (tertiary/aromatic N) is 1. The average molecular weight is 280 g/mol. The number of carboxylic acid groups (broad SMARTS) is 1. The van der Waals surface area contributed by atoms with Crippen molar-refractivity contribution in [2.24, 2.45) is 0 Å². The van der Waals surface area contributed by atoms with Gasteiger partial charge < -0.3 is 20.3 Å². The molecule has 1 fully saturated rings. The van der Waals surface area contributed by atoms with Crippen LogP contribution < -0.4 is 10.1 Å². The molecule has 2 atom stereocenters. The van der Waals surface area contributed by atoms with E-state index in [9.17, 15) is 15.0 Å². The van der Waals surface area contributed by atoms with Crippen LogP contribution in [0, 0.1) is 0 Å². The molecule has 1 aliphatic rings. The molecule has 1 aromatic rings. The lowest BCUT2D eigenvalue weighted by Crippen LogP contribution is -2.51. The summed E-state index contributed by atoms with van der Waals surface area (Å²) in [5.41, 5.74) is 0.612. The minimum absolute atomic E-state index is 0.00840. The number of carbonyl (C=O) groups is 1. The molecule has 1 aromatic carbocycles. The first kappa shape index (κ1) is 14.6. The van der Waals surface area contributed by atoms with E-state index in [1.807, 2.05) is 11.8 Å². The largest absolute Gasteiger partial charge is 0.504 e. The van der Waals surface area contributed by atoms with E-state index in [1.54, 1.807) is 12.1 Å². The number of aliphatic carboxylic acids is 1. The summed E-state index contributed by atoms with van der Waals surface area (Å²) in [5, 5.41) is 22.4. The van der Waals surface area contributed by atoms with Crippen LogP contribution in [0.3, 0.4) is 0 Å². The van der Waals surface area contributed by atoms with Crippen LogP contribution in [-0.2, 0) is 4.79 Å². The van der Waals surface area contributed by atoms with Crippen LogP contribution in [0.25, 0.3) is 0 Å². The molecular formula is C14H20N2O4. The van der Waals surface area contributed by atoms with Crippen LogP contribution in [0.2, 0.25) is 0 Å². The van der Waals surface area contributed by atoms with E-state index in [2.05, 4.69) is 5.32 Å². The molecule has 0 spiro atoms. The molecule has 0 aliphatic carbocycles. The topological polar surface area (TPSA) is 82.0 Å². The molecule has 1 saturated heterocycles. The molecule has 0 amide bonds. The second-order valence-electron chi connectivity index (χ2n) is 5.02. The molecular weight excluding hydrogens is 260 g/mol. The van der Waals surface area contributed by atoms with Crippen molar-refractivity contribution in [2.75, 3.05) is 26.7 Å². The molecule has 0 aromatic heterocycles. The van der Waals surface area contributed by atoms with Crippen molar-refractivity contribution in [3.63, 3.8) is 0 Å². The lowest BCUT2D eigenvalue weighted by Gasteiger charge is -2.36. The van der Waals surface area contributed by atoms with E-state index in [1.165, 1.54) is 13.2 Å². The Bertz CT molecular complexity index is 492. The summed E-state index contributed by atoms with van der Waals surface area (Å²) in [4.78, 5) is 13.6. The standard InChI is InChI=1S/C14H20N2O4/c1-9-8-16(6-5-15-9)13(14(18)19)10-3-4-11(17)12(7-10)20-2/h3-4,7,9,13,15,17H,5-6,8H2,1-2H3,(H,18,19). The zero-order chi connectivity index (χ0) is 14.7. The van der Waals surface area contributed by atoms with Crippen molar-refractivity contribution in [1.82, 2.24) is 10.2 Å². The number of nitrogens with one attached hydrogen (secondary N) is 1. The van der Waals surface area contributed by atoms with Gasteiger partial charge in [0.2, 0.25) is 0 Å². The minimum Gasteiger partial charge on any atom is -0.504 e. The highest BCUT2D eigenvalue weighted by molar-refractivity contribution is 5.76.